The molecule has 0 unspecified atom stereocenters. The van der Waals surface area contributed by atoms with Crippen molar-refractivity contribution in [3.05, 3.63) is 0 Å². The van der Waals surface area contributed by atoms with Crippen molar-refractivity contribution in [2.24, 2.45) is 0 Å². The lowest BCUT2D eigenvalue weighted by Gasteiger charge is -2.29. The Morgan fingerprint density at radius 3 is 2.33 bits per heavy atom. The van der Waals surface area contributed by atoms with Crippen molar-refractivity contribution in [3.8, 4) is 0 Å². The standard InChI is InChI=1S/C10H22BO3P/c1-10(5-6-15(2,3)4)8(13)7(12)9(11)14-10/h7-9,12-13H,2,5-6,11H2,1,3-4H3/t7-,8+,9-,10-/m1/s1. The molecule has 1 saturated heterocycles. The van der Waals surface area contributed by atoms with Crippen molar-refractivity contribution in [2.45, 2.75) is 37.2 Å². The molecule has 0 aromatic heterocycles. The molecule has 2 N–H and O–H groups in total. The van der Waals surface area contributed by atoms with Crippen LogP contribution in [0.1, 0.15) is 13.3 Å². The van der Waals surface area contributed by atoms with E-state index in [1.165, 1.54) is 0 Å². The van der Waals surface area contributed by atoms with E-state index in [0.717, 1.165) is 12.6 Å². The molecule has 1 aliphatic rings. The molecule has 4 atom stereocenters. The normalized spacial score (nSPS) is 42.1. The Bertz CT molecular complexity index is 278. The summed E-state index contributed by atoms with van der Waals surface area (Å²) in [6.45, 7) is 5.10. The molecule has 1 fully saturated rings. The molecular formula is C10H22BO3P. The van der Waals surface area contributed by atoms with E-state index in [1.807, 2.05) is 6.92 Å². The summed E-state index contributed by atoms with van der Waals surface area (Å²) in [7, 11) is 1.80. The second-order valence-electron chi connectivity index (χ2n) is 5.48. The molecular weight excluding hydrogens is 210 g/mol. The second kappa shape index (κ2) is 4.25. The number of hydrogen-bond donors (Lipinski definition) is 2. The predicted molar refractivity (Wildman–Crippen MR) is 69.2 cm³/mol. The highest BCUT2D eigenvalue weighted by Gasteiger charge is 2.48. The zero-order chi connectivity index (χ0) is 11.9. The van der Waals surface area contributed by atoms with Crippen LogP contribution in [0.25, 0.3) is 0 Å². The fourth-order valence-electron chi connectivity index (χ4n) is 1.91. The van der Waals surface area contributed by atoms with Crippen molar-refractivity contribution in [3.63, 3.8) is 0 Å². The summed E-state index contributed by atoms with van der Waals surface area (Å²) in [6.07, 6.45) is 4.33. The molecule has 0 amide bonds. The van der Waals surface area contributed by atoms with Crippen LogP contribution >= 0.6 is 6.89 Å². The Balaban J connectivity index is 2.64. The first-order chi connectivity index (χ1) is 6.66. The largest absolute Gasteiger partial charge is 0.388 e. The van der Waals surface area contributed by atoms with E-state index >= 15 is 0 Å². The first-order valence-corrected chi connectivity index (χ1v) is 8.42. The second-order valence-corrected chi connectivity index (χ2v) is 9.80. The number of aliphatic hydroxyl groups is 2. The number of rotatable bonds is 3. The van der Waals surface area contributed by atoms with Crippen LogP contribution in [-0.2, 0) is 4.74 Å². The highest BCUT2D eigenvalue weighted by molar-refractivity contribution is 7.72. The monoisotopic (exact) mass is 232 g/mol. The third kappa shape index (κ3) is 3.10. The quantitative estimate of drug-likeness (QED) is 0.512. The van der Waals surface area contributed by atoms with Crippen LogP contribution in [0.2, 0.25) is 0 Å². The van der Waals surface area contributed by atoms with Gasteiger partial charge in [-0.25, -0.2) is 0 Å². The fourth-order valence-corrected chi connectivity index (χ4v) is 2.96. The molecule has 88 valence electrons. The summed E-state index contributed by atoms with van der Waals surface area (Å²) in [5.74, 6) is 0. The lowest BCUT2D eigenvalue weighted by molar-refractivity contribution is -0.0570. The lowest BCUT2D eigenvalue weighted by Crippen LogP contribution is -2.41. The highest BCUT2D eigenvalue weighted by Crippen LogP contribution is 2.41. The SMILES string of the molecule is B[C@@H]1O[C@](C)(CCP(=C)(C)C)[C@@H](O)[C@H]1O. The van der Waals surface area contributed by atoms with Crippen LogP contribution in [0, 0.1) is 0 Å². The van der Waals surface area contributed by atoms with Crippen molar-refractivity contribution < 1.29 is 14.9 Å². The van der Waals surface area contributed by atoms with E-state index in [4.69, 9.17) is 4.74 Å². The topological polar surface area (TPSA) is 49.7 Å². The van der Waals surface area contributed by atoms with Gasteiger partial charge in [-0.2, -0.15) is 0 Å². The first kappa shape index (κ1) is 13.3. The summed E-state index contributed by atoms with van der Waals surface area (Å²) in [5.41, 5.74) is -0.603. The molecule has 3 nitrogen and oxygen atoms in total. The van der Waals surface area contributed by atoms with Crippen molar-refractivity contribution >= 4 is 21.0 Å². The zero-order valence-electron chi connectivity index (χ0n) is 10.1. The summed E-state index contributed by atoms with van der Waals surface area (Å²) in [4.78, 5) is 0. The van der Waals surface area contributed by atoms with Gasteiger partial charge >= 0.3 is 0 Å². The van der Waals surface area contributed by atoms with Gasteiger partial charge in [-0.05, 0) is 32.8 Å². The lowest BCUT2D eigenvalue weighted by atomic mass is 9.89. The molecule has 0 spiro atoms. The van der Waals surface area contributed by atoms with Crippen molar-refractivity contribution in [1.29, 1.82) is 0 Å². The smallest absolute Gasteiger partial charge is 0.142 e. The average Bonchev–Trinajstić information content (AvgIpc) is 2.27. The molecule has 0 aromatic carbocycles. The zero-order valence-corrected chi connectivity index (χ0v) is 11.0. The summed E-state index contributed by atoms with van der Waals surface area (Å²) < 4.78 is 5.66. The number of aliphatic hydroxyl groups excluding tert-OH is 2. The molecule has 0 aliphatic carbocycles. The Morgan fingerprint density at radius 1 is 1.47 bits per heavy atom. The molecule has 1 rings (SSSR count). The van der Waals surface area contributed by atoms with Gasteiger partial charge in [0.2, 0.25) is 0 Å². The van der Waals surface area contributed by atoms with Gasteiger partial charge in [-0.3, -0.25) is 0 Å². The highest BCUT2D eigenvalue weighted by atomic mass is 31.2. The van der Waals surface area contributed by atoms with Crippen LogP contribution in [0.15, 0.2) is 0 Å². The molecule has 0 radical (unpaired) electrons. The Labute approximate surface area is 93.2 Å². The Hall–Kier alpha value is 0.245. The van der Waals surface area contributed by atoms with Crippen LogP contribution < -0.4 is 0 Å². The summed E-state index contributed by atoms with van der Waals surface area (Å²) in [5, 5.41) is 19.6. The van der Waals surface area contributed by atoms with E-state index < -0.39 is 24.7 Å². The molecule has 15 heavy (non-hydrogen) atoms. The van der Waals surface area contributed by atoms with E-state index in [-0.39, 0.29) is 6.00 Å². The maximum atomic E-state index is 9.90. The van der Waals surface area contributed by atoms with Gasteiger partial charge in [0.15, 0.2) is 0 Å². The van der Waals surface area contributed by atoms with Gasteiger partial charge in [-0.1, -0.05) is 0 Å². The minimum atomic E-state index is -1.10. The number of ether oxygens (including phenoxy) is 1. The van der Waals surface area contributed by atoms with E-state index in [9.17, 15) is 10.2 Å². The first-order valence-electron chi connectivity index (χ1n) is 5.37. The van der Waals surface area contributed by atoms with Gasteiger partial charge < -0.3 is 14.9 Å². The average molecular weight is 232 g/mol. The molecule has 1 heterocycles. The minimum absolute atomic E-state index is 0.281. The van der Waals surface area contributed by atoms with E-state index in [2.05, 4.69) is 19.6 Å². The van der Waals surface area contributed by atoms with Gasteiger partial charge in [0.1, 0.15) is 20.1 Å². The minimum Gasteiger partial charge on any atom is -0.388 e. The Morgan fingerprint density at radius 2 is 2.00 bits per heavy atom. The maximum absolute atomic E-state index is 9.90. The van der Waals surface area contributed by atoms with E-state index in [1.54, 1.807) is 7.85 Å². The summed E-state index contributed by atoms with van der Waals surface area (Å²) in [6, 6.07) is -0.281. The van der Waals surface area contributed by atoms with E-state index in [0.29, 0.717) is 0 Å². The third-order valence-electron chi connectivity index (χ3n) is 3.10. The van der Waals surface area contributed by atoms with Crippen LogP contribution in [-0.4, -0.2) is 67.7 Å². The maximum Gasteiger partial charge on any atom is 0.142 e. The van der Waals surface area contributed by atoms with Crippen LogP contribution in [0.3, 0.4) is 0 Å². The van der Waals surface area contributed by atoms with Crippen molar-refractivity contribution in [2.75, 3.05) is 19.5 Å². The third-order valence-corrected chi connectivity index (χ3v) is 4.53. The van der Waals surface area contributed by atoms with Gasteiger partial charge in [-0.15, -0.1) is 13.2 Å². The molecule has 0 aromatic rings. The van der Waals surface area contributed by atoms with Crippen LogP contribution in [0.5, 0.6) is 0 Å². The molecule has 0 saturated carbocycles. The van der Waals surface area contributed by atoms with Crippen molar-refractivity contribution in [1.82, 2.24) is 0 Å². The Kier molecular flexibility index (Phi) is 3.77. The molecule has 1 aliphatic heterocycles. The molecule has 5 heteroatoms. The molecule has 0 bridgehead atoms. The van der Waals surface area contributed by atoms with Gasteiger partial charge in [0.05, 0.1) is 11.6 Å². The predicted octanol–water partition coefficient (Wildman–Crippen LogP) is -0.444. The summed E-state index contributed by atoms with van der Waals surface area (Å²) >= 11 is 0. The van der Waals surface area contributed by atoms with Gasteiger partial charge in [0, 0.05) is 0 Å². The van der Waals surface area contributed by atoms with Crippen LogP contribution in [0.4, 0.5) is 0 Å². The van der Waals surface area contributed by atoms with Gasteiger partial charge in [0.25, 0.3) is 0 Å². The fraction of sp³-hybridized carbons (Fsp3) is 0.900. The number of hydrogen-bond acceptors (Lipinski definition) is 3.